The van der Waals surface area contributed by atoms with Crippen LogP contribution in [0.1, 0.15) is 22.6 Å². The van der Waals surface area contributed by atoms with Crippen molar-refractivity contribution >= 4 is 33.9 Å². The molecule has 0 aliphatic carbocycles. The molecule has 5 nitrogen and oxygen atoms in total. The van der Waals surface area contributed by atoms with Gasteiger partial charge in [0.1, 0.15) is 11.5 Å². The maximum absolute atomic E-state index is 5.77. The summed E-state index contributed by atoms with van der Waals surface area (Å²) in [4.78, 5) is 5.65. The standard InChI is InChI=1S/C25H27N3O2S/c1-17-6-11-24-23(15-17)22(18(2)26-24)12-13-28(16-21-5-4-14-30-21)25(31)27-19-7-9-20(29-3)10-8-19/h4-11,14-15,26H,12-13,16H2,1-3H3,(H,27,31). The van der Waals surface area contributed by atoms with E-state index >= 15 is 0 Å². The molecule has 0 radical (unpaired) electrons. The predicted octanol–water partition coefficient (Wildman–Crippen LogP) is 5.83. The van der Waals surface area contributed by atoms with Crippen molar-refractivity contribution in [1.29, 1.82) is 0 Å². The second-order valence-electron chi connectivity index (χ2n) is 7.69. The lowest BCUT2D eigenvalue weighted by Gasteiger charge is -2.25. The summed E-state index contributed by atoms with van der Waals surface area (Å²) in [5, 5.41) is 5.29. The second-order valence-corrected chi connectivity index (χ2v) is 8.07. The summed E-state index contributed by atoms with van der Waals surface area (Å²) in [6.07, 6.45) is 2.57. The molecule has 2 aromatic heterocycles. The number of aromatic nitrogens is 1. The third-order valence-electron chi connectivity index (χ3n) is 5.46. The number of rotatable bonds is 7. The van der Waals surface area contributed by atoms with Gasteiger partial charge in [0.2, 0.25) is 0 Å². The normalized spacial score (nSPS) is 10.9. The lowest BCUT2D eigenvalue weighted by Crippen LogP contribution is -2.35. The molecule has 0 unspecified atom stereocenters. The van der Waals surface area contributed by atoms with Gasteiger partial charge in [0.05, 0.1) is 19.9 Å². The first-order valence-electron chi connectivity index (χ1n) is 10.3. The number of anilines is 1. The largest absolute Gasteiger partial charge is 0.497 e. The van der Waals surface area contributed by atoms with Crippen molar-refractivity contribution in [2.75, 3.05) is 19.0 Å². The van der Waals surface area contributed by atoms with Gasteiger partial charge in [0, 0.05) is 28.8 Å². The number of aryl methyl sites for hydroxylation is 2. The van der Waals surface area contributed by atoms with Gasteiger partial charge in [-0.15, -0.1) is 0 Å². The molecule has 0 aliphatic rings. The monoisotopic (exact) mass is 433 g/mol. The van der Waals surface area contributed by atoms with Gasteiger partial charge in [0.25, 0.3) is 0 Å². The average molecular weight is 434 g/mol. The topological polar surface area (TPSA) is 53.4 Å². The Labute approximate surface area is 188 Å². The molecule has 0 amide bonds. The molecule has 0 fully saturated rings. The minimum absolute atomic E-state index is 0.607. The number of furan rings is 1. The van der Waals surface area contributed by atoms with E-state index in [1.807, 2.05) is 36.4 Å². The van der Waals surface area contributed by atoms with Crippen LogP contribution in [0, 0.1) is 13.8 Å². The van der Waals surface area contributed by atoms with E-state index in [1.54, 1.807) is 13.4 Å². The SMILES string of the molecule is COc1ccc(NC(=S)N(CCc2c(C)[nH]c3ccc(C)cc23)Cc2ccco2)cc1. The average Bonchev–Trinajstić information content (AvgIpc) is 3.38. The van der Waals surface area contributed by atoms with Crippen LogP contribution in [-0.2, 0) is 13.0 Å². The Morgan fingerprint density at radius 2 is 1.94 bits per heavy atom. The number of aromatic amines is 1. The lowest BCUT2D eigenvalue weighted by molar-refractivity contribution is 0.368. The quantitative estimate of drug-likeness (QED) is 0.359. The van der Waals surface area contributed by atoms with E-state index in [9.17, 15) is 0 Å². The van der Waals surface area contributed by atoms with Crippen LogP contribution in [0.3, 0.4) is 0 Å². The fraction of sp³-hybridized carbons (Fsp3) is 0.240. The molecule has 0 saturated carbocycles. The number of hydrogen-bond donors (Lipinski definition) is 2. The number of thiocarbonyl (C=S) groups is 1. The van der Waals surface area contributed by atoms with Crippen molar-refractivity contribution in [3.8, 4) is 5.75 Å². The van der Waals surface area contributed by atoms with Gasteiger partial charge in [0.15, 0.2) is 5.11 Å². The zero-order valence-electron chi connectivity index (χ0n) is 18.1. The molecule has 31 heavy (non-hydrogen) atoms. The number of benzene rings is 2. The molecule has 4 aromatic rings. The van der Waals surface area contributed by atoms with E-state index in [0.717, 1.165) is 30.2 Å². The fourth-order valence-corrected chi connectivity index (χ4v) is 4.06. The molecule has 0 aliphatic heterocycles. The molecule has 4 rings (SSSR count). The van der Waals surface area contributed by atoms with Gasteiger partial charge < -0.3 is 24.4 Å². The third-order valence-corrected chi connectivity index (χ3v) is 5.82. The lowest BCUT2D eigenvalue weighted by atomic mass is 10.1. The van der Waals surface area contributed by atoms with Crippen molar-refractivity contribution < 1.29 is 9.15 Å². The smallest absolute Gasteiger partial charge is 0.173 e. The second kappa shape index (κ2) is 9.27. The Bertz CT molecular complexity index is 1160. The van der Waals surface area contributed by atoms with Crippen molar-refractivity contribution in [3.05, 3.63) is 83.4 Å². The predicted molar refractivity (Wildman–Crippen MR) is 130 cm³/mol. The van der Waals surface area contributed by atoms with Crippen LogP contribution in [0.5, 0.6) is 5.75 Å². The summed E-state index contributed by atoms with van der Waals surface area (Å²) >= 11 is 5.77. The summed E-state index contributed by atoms with van der Waals surface area (Å²) in [5.74, 6) is 1.69. The van der Waals surface area contributed by atoms with E-state index in [4.69, 9.17) is 21.4 Å². The summed E-state index contributed by atoms with van der Waals surface area (Å²) in [7, 11) is 1.66. The van der Waals surface area contributed by atoms with Gasteiger partial charge in [-0.05, 0) is 86.6 Å². The molecule has 2 N–H and O–H groups in total. The first-order valence-corrected chi connectivity index (χ1v) is 10.7. The molecule has 0 bridgehead atoms. The molecule has 0 saturated heterocycles. The van der Waals surface area contributed by atoms with E-state index in [1.165, 1.54) is 27.7 Å². The van der Waals surface area contributed by atoms with Gasteiger partial charge in [-0.2, -0.15) is 0 Å². The number of methoxy groups -OCH3 is 1. The highest BCUT2D eigenvalue weighted by molar-refractivity contribution is 7.80. The summed E-state index contributed by atoms with van der Waals surface area (Å²) in [6, 6.07) is 18.2. The molecule has 6 heteroatoms. The maximum atomic E-state index is 5.77. The maximum Gasteiger partial charge on any atom is 0.173 e. The molecular weight excluding hydrogens is 406 g/mol. The number of H-pyrrole nitrogens is 1. The Morgan fingerprint density at radius 3 is 2.65 bits per heavy atom. The minimum atomic E-state index is 0.607. The molecular formula is C25H27N3O2S. The zero-order valence-corrected chi connectivity index (χ0v) is 18.9. The van der Waals surface area contributed by atoms with Crippen LogP contribution in [-0.4, -0.2) is 28.7 Å². The van der Waals surface area contributed by atoms with Crippen LogP contribution in [0.2, 0.25) is 0 Å². The van der Waals surface area contributed by atoms with Crippen LogP contribution in [0.4, 0.5) is 5.69 Å². The Balaban J connectivity index is 1.53. The number of nitrogens with zero attached hydrogens (tertiary/aromatic N) is 1. The minimum Gasteiger partial charge on any atom is -0.497 e. The molecule has 2 heterocycles. The van der Waals surface area contributed by atoms with Crippen molar-refractivity contribution in [1.82, 2.24) is 9.88 Å². The van der Waals surface area contributed by atoms with Gasteiger partial charge >= 0.3 is 0 Å². The number of hydrogen-bond acceptors (Lipinski definition) is 3. The first kappa shape index (κ1) is 21.0. The van der Waals surface area contributed by atoms with Crippen molar-refractivity contribution in [2.24, 2.45) is 0 Å². The Hall–Kier alpha value is -3.25. The molecule has 2 aromatic carbocycles. The highest BCUT2D eigenvalue weighted by atomic mass is 32.1. The molecule has 0 atom stereocenters. The van der Waals surface area contributed by atoms with E-state index in [2.05, 4.69) is 47.2 Å². The molecule has 160 valence electrons. The fourth-order valence-electron chi connectivity index (χ4n) is 3.79. The number of fused-ring (bicyclic) bond motifs is 1. The number of ether oxygens (including phenoxy) is 1. The Kier molecular flexibility index (Phi) is 6.28. The highest BCUT2D eigenvalue weighted by Crippen LogP contribution is 2.24. The zero-order chi connectivity index (χ0) is 21.8. The van der Waals surface area contributed by atoms with Crippen LogP contribution in [0.15, 0.2) is 65.3 Å². The van der Waals surface area contributed by atoms with Crippen molar-refractivity contribution in [2.45, 2.75) is 26.8 Å². The van der Waals surface area contributed by atoms with E-state index in [-0.39, 0.29) is 0 Å². The van der Waals surface area contributed by atoms with Gasteiger partial charge in [-0.1, -0.05) is 11.6 Å². The van der Waals surface area contributed by atoms with Crippen LogP contribution >= 0.6 is 12.2 Å². The van der Waals surface area contributed by atoms with E-state index in [0.29, 0.717) is 11.7 Å². The van der Waals surface area contributed by atoms with Gasteiger partial charge in [-0.25, -0.2) is 0 Å². The molecule has 0 spiro atoms. The Morgan fingerprint density at radius 1 is 1.13 bits per heavy atom. The van der Waals surface area contributed by atoms with Gasteiger partial charge in [-0.3, -0.25) is 0 Å². The third kappa shape index (κ3) is 4.91. The van der Waals surface area contributed by atoms with Crippen molar-refractivity contribution in [3.63, 3.8) is 0 Å². The van der Waals surface area contributed by atoms with Crippen LogP contribution < -0.4 is 10.1 Å². The summed E-state index contributed by atoms with van der Waals surface area (Å²) in [5.41, 5.74) is 5.89. The van der Waals surface area contributed by atoms with E-state index < -0.39 is 0 Å². The summed E-state index contributed by atoms with van der Waals surface area (Å²) < 4.78 is 10.8. The van der Waals surface area contributed by atoms with Crippen LogP contribution in [0.25, 0.3) is 10.9 Å². The number of nitrogens with one attached hydrogen (secondary N) is 2. The summed E-state index contributed by atoms with van der Waals surface area (Å²) in [6.45, 7) is 5.64. The first-order chi connectivity index (χ1) is 15.0. The highest BCUT2D eigenvalue weighted by Gasteiger charge is 2.15.